The van der Waals surface area contributed by atoms with Crippen molar-refractivity contribution >= 4 is 0 Å². The highest BCUT2D eigenvalue weighted by Crippen LogP contribution is 2.31. The normalized spacial score (nSPS) is 19.1. The molecule has 1 fully saturated rings. The van der Waals surface area contributed by atoms with Crippen LogP contribution in [0.3, 0.4) is 0 Å². The van der Waals surface area contributed by atoms with Crippen molar-refractivity contribution in [2.75, 3.05) is 19.6 Å². The lowest BCUT2D eigenvalue weighted by Gasteiger charge is -2.25. The van der Waals surface area contributed by atoms with Gasteiger partial charge in [0.15, 0.2) is 0 Å². The van der Waals surface area contributed by atoms with Crippen LogP contribution in [0.4, 0.5) is 13.2 Å². The van der Waals surface area contributed by atoms with E-state index in [1.54, 1.807) is 0 Å². The number of halogens is 3. The van der Waals surface area contributed by atoms with Crippen molar-refractivity contribution in [2.45, 2.75) is 12.2 Å². The van der Waals surface area contributed by atoms with Gasteiger partial charge in [-0.1, -0.05) is 36.4 Å². The van der Waals surface area contributed by atoms with Crippen LogP contribution in [-0.2, 0) is 6.18 Å². The third-order valence-corrected chi connectivity index (χ3v) is 3.90. The van der Waals surface area contributed by atoms with Crippen molar-refractivity contribution in [1.82, 2.24) is 10.6 Å². The molecule has 1 aliphatic rings. The number of rotatable bonds is 2. The molecule has 0 saturated carbocycles. The molecule has 0 aliphatic carbocycles. The Balaban J connectivity index is 1.77. The van der Waals surface area contributed by atoms with Crippen molar-refractivity contribution in [3.63, 3.8) is 0 Å². The van der Waals surface area contributed by atoms with Gasteiger partial charge in [0, 0.05) is 25.7 Å². The maximum absolute atomic E-state index is 12.6. The Bertz CT molecular complexity index is 612. The van der Waals surface area contributed by atoms with Crippen LogP contribution < -0.4 is 10.6 Å². The van der Waals surface area contributed by atoms with Gasteiger partial charge in [-0.25, -0.2) is 0 Å². The summed E-state index contributed by atoms with van der Waals surface area (Å²) in [5, 5.41) is 6.76. The van der Waals surface area contributed by atoms with Crippen LogP contribution in [0.5, 0.6) is 0 Å². The van der Waals surface area contributed by atoms with E-state index < -0.39 is 11.7 Å². The number of hydrogen-bond donors (Lipinski definition) is 2. The smallest absolute Gasteiger partial charge is 0.314 e. The summed E-state index contributed by atoms with van der Waals surface area (Å²) < 4.78 is 37.7. The maximum atomic E-state index is 12.6. The summed E-state index contributed by atoms with van der Waals surface area (Å²) in [6.45, 7) is 2.80. The van der Waals surface area contributed by atoms with Crippen molar-refractivity contribution in [3.8, 4) is 11.1 Å². The molecular formula is C17H17F3N2. The SMILES string of the molecule is FC(F)(F)c1ccc(-c2ccc([C@@H]3CNCCN3)cc2)cc1. The molecule has 1 aliphatic heterocycles. The molecule has 0 radical (unpaired) electrons. The van der Waals surface area contributed by atoms with E-state index in [9.17, 15) is 13.2 Å². The van der Waals surface area contributed by atoms with Gasteiger partial charge in [-0.15, -0.1) is 0 Å². The molecule has 0 amide bonds. The van der Waals surface area contributed by atoms with Crippen LogP contribution in [0.25, 0.3) is 11.1 Å². The van der Waals surface area contributed by atoms with E-state index in [2.05, 4.69) is 10.6 Å². The first-order chi connectivity index (χ1) is 10.5. The first-order valence-electron chi connectivity index (χ1n) is 7.26. The molecule has 2 aromatic carbocycles. The van der Waals surface area contributed by atoms with Crippen LogP contribution in [0.2, 0.25) is 0 Å². The van der Waals surface area contributed by atoms with Crippen molar-refractivity contribution in [1.29, 1.82) is 0 Å². The van der Waals surface area contributed by atoms with Gasteiger partial charge in [0.25, 0.3) is 0 Å². The standard InChI is InChI=1S/C17H17F3N2/c18-17(19,20)15-7-5-13(6-8-15)12-1-3-14(4-2-12)16-11-21-9-10-22-16/h1-8,16,21-22H,9-11H2/t16-/m0/s1. The Hall–Kier alpha value is -1.85. The Morgan fingerprint density at radius 2 is 1.41 bits per heavy atom. The van der Waals surface area contributed by atoms with Crippen molar-refractivity contribution in [2.24, 2.45) is 0 Å². The molecule has 0 aromatic heterocycles. The summed E-state index contributed by atoms with van der Waals surface area (Å²) in [6.07, 6.45) is -4.29. The molecular weight excluding hydrogens is 289 g/mol. The summed E-state index contributed by atoms with van der Waals surface area (Å²) in [7, 11) is 0. The zero-order chi connectivity index (χ0) is 15.6. The molecule has 116 valence electrons. The van der Waals surface area contributed by atoms with Crippen LogP contribution in [-0.4, -0.2) is 19.6 Å². The predicted molar refractivity (Wildman–Crippen MR) is 80.5 cm³/mol. The maximum Gasteiger partial charge on any atom is 0.416 e. The number of hydrogen-bond acceptors (Lipinski definition) is 2. The molecule has 0 bridgehead atoms. The van der Waals surface area contributed by atoms with Gasteiger partial charge in [0.2, 0.25) is 0 Å². The molecule has 3 rings (SSSR count). The lowest BCUT2D eigenvalue weighted by molar-refractivity contribution is -0.137. The molecule has 1 heterocycles. The van der Waals surface area contributed by atoms with Crippen LogP contribution >= 0.6 is 0 Å². The molecule has 1 atom stereocenters. The third kappa shape index (κ3) is 3.31. The van der Waals surface area contributed by atoms with E-state index in [0.717, 1.165) is 42.9 Å². The predicted octanol–water partition coefficient (Wildman–Crippen LogP) is 3.61. The lowest BCUT2D eigenvalue weighted by atomic mass is 9.99. The molecule has 2 N–H and O–H groups in total. The van der Waals surface area contributed by atoms with Gasteiger partial charge in [0.1, 0.15) is 0 Å². The Morgan fingerprint density at radius 3 is 1.91 bits per heavy atom. The van der Waals surface area contributed by atoms with Crippen LogP contribution in [0.15, 0.2) is 48.5 Å². The monoisotopic (exact) mass is 306 g/mol. The molecule has 1 saturated heterocycles. The fraction of sp³-hybridized carbons (Fsp3) is 0.294. The average Bonchev–Trinajstić information content (AvgIpc) is 2.55. The number of piperazine rings is 1. The van der Waals surface area contributed by atoms with Gasteiger partial charge in [0.05, 0.1) is 5.56 Å². The number of alkyl halides is 3. The molecule has 2 nitrogen and oxygen atoms in total. The number of benzene rings is 2. The van der Waals surface area contributed by atoms with E-state index in [4.69, 9.17) is 0 Å². The zero-order valence-corrected chi connectivity index (χ0v) is 12.0. The Morgan fingerprint density at radius 1 is 0.818 bits per heavy atom. The van der Waals surface area contributed by atoms with Crippen molar-refractivity contribution in [3.05, 3.63) is 59.7 Å². The summed E-state index contributed by atoms with van der Waals surface area (Å²) in [5.41, 5.74) is 2.27. The van der Waals surface area contributed by atoms with E-state index in [-0.39, 0.29) is 6.04 Å². The van der Waals surface area contributed by atoms with Crippen LogP contribution in [0, 0.1) is 0 Å². The zero-order valence-electron chi connectivity index (χ0n) is 12.0. The Labute approximate surface area is 127 Å². The van der Waals surface area contributed by atoms with E-state index in [0.29, 0.717) is 0 Å². The largest absolute Gasteiger partial charge is 0.416 e. The van der Waals surface area contributed by atoms with Crippen molar-refractivity contribution < 1.29 is 13.2 Å². The quantitative estimate of drug-likeness (QED) is 0.886. The summed E-state index contributed by atoms with van der Waals surface area (Å²) in [5.74, 6) is 0. The molecule has 2 aromatic rings. The molecule has 5 heteroatoms. The fourth-order valence-corrected chi connectivity index (χ4v) is 2.65. The van der Waals surface area contributed by atoms with Gasteiger partial charge in [-0.3, -0.25) is 0 Å². The molecule has 22 heavy (non-hydrogen) atoms. The summed E-state index contributed by atoms with van der Waals surface area (Å²) >= 11 is 0. The van der Waals surface area contributed by atoms with Gasteiger partial charge < -0.3 is 10.6 Å². The number of nitrogens with one attached hydrogen (secondary N) is 2. The van der Waals surface area contributed by atoms with E-state index in [1.807, 2.05) is 24.3 Å². The molecule has 0 spiro atoms. The van der Waals surface area contributed by atoms with Gasteiger partial charge in [-0.2, -0.15) is 13.2 Å². The minimum absolute atomic E-state index is 0.287. The highest BCUT2D eigenvalue weighted by atomic mass is 19.4. The Kier molecular flexibility index (Phi) is 4.18. The van der Waals surface area contributed by atoms with E-state index >= 15 is 0 Å². The van der Waals surface area contributed by atoms with Crippen LogP contribution in [0.1, 0.15) is 17.2 Å². The fourth-order valence-electron chi connectivity index (χ4n) is 2.65. The first kappa shape index (κ1) is 15.1. The molecule has 0 unspecified atom stereocenters. The van der Waals surface area contributed by atoms with Gasteiger partial charge >= 0.3 is 6.18 Å². The second-order valence-corrected chi connectivity index (χ2v) is 5.41. The van der Waals surface area contributed by atoms with Gasteiger partial charge in [-0.05, 0) is 28.8 Å². The second-order valence-electron chi connectivity index (χ2n) is 5.41. The highest BCUT2D eigenvalue weighted by molar-refractivity contribution is 5.64. The minimum Gasteiger partial charge on any atom is -0.314 e. The second kappa shape index (κ2) is 6.10. The summed E-state index contributed by atoms with van der Waals surface area (Å²) in [6, 6.07) is 13.5. The first-order valence-corrected chi connectivity index (χ1v) is 7.26. The minimum atomic E-state index is -4.29. The highest BCUT2D eigenvalue weighted by Gasteiger charge is 2.29. The topological polar surface area (TPSA) is 24.1 Å². The average molecular weight is 306 g/mol. The third-order valence-electron chi connectivity index (χ3n) is 3.90. The lowest BCUT2D eigenvalue weighted by Crippen LogP contribution is -2.42. The van der Waals surface area contributed by atoms with E-state index in [1.165, 1.54) is 17.7 Å². The summed E-state index contributed by atoms with van der Waals surface area (Å²) in [4.78, 5) is 0.